The Bertz CT molecular complexity index is 689. The minimum absolute atomic E-state index is 0.173. The molecule has 1 unspecified atom stereocenters. The Morgan fingerprint density at radius 2 is 1.47 bits per heavy atom. The molecule has 0 aromatic heterocycles. The number of hydrogen-bond donors (Lipinski definition) is 3. The molecule has 1 rings (SSSR count). The molecule has 0 spiro atoms. The van der Waals surface area contributed by atoms with Gasteiger partial charge in [-0.05, 0) is 46.7 Å². The average molecular weight is 588 g/mol. The number of anilines is 1. The van der Waals surface area contributed by atoms with Crippen LogP contribution in [0.3, 0.4) is 0 Å². The van der Waals surface area contributed by atoms with Crippen molar-refractivity contribution in [1.82, 2.24) is 10.6 Å². The number of carbonyl (C=O) groups excluding carboxylic acids is 1. The molecule has 4 nitrogen and oxygen atoms in total. The molecular formula is C23H35BrCl3N3OS. The summed E-state index contributed by atoms with van der Waals surface area (Å²) < 4.78 is -0.915. The second-order valence-electron chi connectivity index (χ2n) is 7.91. The maximum atomic E-state index is 12.4. The number of benzene rings is 1. The molecule has 0 aliphatic heterocycles. The number of unbranched alkanes of at least 4 members (excludes halogenated alkanes) is 10. The van der Waals surface area contributed by atoms with Crippen molar-refractivity contribution in [2.24, 2.45) is 0 Å². The number of para-hydroxylation sites is 1. The molecule has 182 valence electrons. The first-order valence-corrected chi connectivity index (χ1v) is 13.8. The molecule has 9 heteroatoms. The summed E-state index contributed by atoms with van der Waals surface area (Å²) in [4.78, 5) is 12.4. The summed E-state index contributed by atoms with van der Waals surface area (Å²) in [5.74, 6) is -0.173. The molecular weight excluding hydrogens is 553 g/mol. The van der Waals surface area contributed by atoms with Gasteiger partial charge in [-0.15, -0.1) is 0 Å². The number of alkyl halides is 3. The van der Waals surface area contributed by atoms with E-state index in [0.717, 1.165) is 29.4 Å². The van der Waals surface area contributed by atoms with E-state index in [2.05, 4.69) is 38.8 Å². The van der Waals surface area contributed by atoms with Gasteiger partial charge in [-0.1, -0.05) is 118 Å². The summed E-state index contributed by atoms with van der Waals surface area (Å²) in [5, 5.41) is 8.88. The lowest BCUT2D eigenvalue weighted by molar-refractivity contribution is -0.122. The first-order chi connectivity index (χ1) is 15.2. The minimum Gasteiger partial charge on any atom is -0.339 e. The molecule has 0 radical (unpaired) electrons. The van der Waals surface area contributed by atoms with Crippen molar-refractivity contribution >= 4 is 79.7 Å². The van der Waals surface area contributed by atoms with Crippen LogP contribution in [-0.2, 0) is 4.79 Å². The highest BCUT2D eigenvalue weighted by atomic mass is 79.9. The molecule has 0 aliphatic carbocycles. The highest BCUT2D eigenvalue weighted by molar-refractivity contribution is 9.10. The minimum atomic E-state index is -1.76. The van der Waals surface area contributed by atoms with E-state index >= 15 is 0 Å². The second-order valence-corrected chi connectivity index (χ2v) is 11.5. The predicted molar refractivity (Wildman–Crippen MR) is 147 cm³/mol. The third-order valence-corrected chi connectivity index (χ3v) is 6.60. The van der Waals surface area contributed by atoms with Gasteiger partial charge in [-0.2, -0.15) is 0 Å². The van der Waals surface area contributed by atoms with Gasteiger partial charge in [-0.3, -0.25) is 4.79 Å². The maximum Gasteiger partial charge on any atom is 0.228 e. The van der Waals surface area contributed by atoms with Gasteiger partial charge >= 0.3 is 0 Å². The second kappa shape index (κ2) is 17.2. The lowest BCUT2D eigenvalue weighted by atomic mass is 10.1. The molecule has 0 saturated heterocycles. The zero-order valence-electron chi connectivity index (χ0n) is 18.7. The smallest absolute Gasteiger partial charge is 0.228 e. The summed E-state index contributed by atoms with van der Waals surface area (Å²) >= 11 is 26.9. The van der Waals surface area contributed by atoms with Gasteiger partial charge in [-0.25, -0.2) is 0 Å². The van der Waals surface area contributed by atoms with Crippen LogP contribution >= 0.6 is 63.0 Å². The fourth-order valence-electron chi connectivity index (χ4n) is 3.23. The molecule has 1 atom stereocenters. The van der Waals surface area contributed by atoms with Crippen LogP contribution in [-0.4, -0.2) is 21.0 Å². The van der Waals surface area contributed by atoms with Crippen molar-refractivity contribution < 1.29 is 4.79 Å². The van der Waals surface area contributed by atoms with E-state index in [1.54, 1.807) is 0 Å². The summed E-state index contributed by atoms with van der Waals surface area (Å²) in [5.41, 5.74) is 0.764. The van der Waals surface area contributed by atoms with E-state index in [0.29, 0.717) is 6.42 Å². The monoisotopic (exact) mass is 585 g/mol. The van der Waals surface area contributed by atoms with Crippen molar-refractivity contribution in [3.63, 3.8) is 0 Å². The number of nitrogens with one attached hydrogen (secondary N) is 3. The summed E-state index contributed by atoms with van der Waals surface area (Å²) in [7, 11) is 0. The highest BCUT2D eigenvalue weighted by Gasteiger charge is 2.34. The highest BCUT2D eigenvalue weighted by Crippen LogP contribution is 2.29. The third-order valence-electron chi connectivity index (χ3n) is 5.04. The van der Waals surface area contributed by atoms with Crippen LogP contribution in [0.25, 0.3) is 0 Å². The Labute approximate surface area is 222 Å². The Kier molecular flexibility index (Phi) is 16.0. The number of hydrogen-bond acceptors (Lipinski definition) is 2. The van der Waals surface area contributed by atoms with E-state index in [1.807, 2.05) is 24.3 Å². The topological polar surface area (TPSA) is 53.2 Å². The van der Waals surface area contributed by atoms with E-state index in [9.17, 15) is 4.79 Å². The average Bonchev–Trinajstić information content (AvgIpc) is 2.72. The first kappa shape index (κ1) is 29.8. The van der Waals surface area contributed by atoms with Crippen LogP contribution in [0, 0.1) is 0 Å². The van der Waals surface area contributed by atoms with Crippen LogP contribution in [0.5, 0.6) is 0 Å². The van der Waals surface area contributed by atoms with Crippen molar-refractivity contribution in [2.45, 2.75) is 93.9 Å². The van der Waals surface area contributed by atoms with Crippen LogP contribution in [0.4, 0.5) is 5.69 Å². The summed E-state index contributed by atoms with van der Waals surface area (Å²) in [6, 6.07) is 7.50. The largest absolute Gasteiger partial charge is 0.339 e. The van der Waals surface area contributed by atoms with Crippen LogP contribution in [0.2, 0.25) is 0 Å². The van der Waals surface area contributed by atoms with Crippen molar-refractivity contribution in [3.8, 4) is 0 Å². The molecule has 32 heavy (non-hydrogen) atoms. The van der Waals surface area contributed by atoms with E-state index < -0.39 is 9.96 Å². The van der Waals surface area contributed by atoms with Crippen LogP contribution in [0.1, 0.15) is 84.0 Å². The van der Waals surface area contributed by atoms with E-state index in [1.165, 1.54) is 51.4 Å². The number of halogens is 4. The molecule has 3 N–H and O–H groups in total. The number of rotatable bonds is 15. The Balaban J connectivity index is 2.27. The molecule has 0 fully saturated rings. The van der Waals surface area contributed by atoms with Gasteiger partial charge < -0.3 is 16.0 Å². The Morgan fingerprint density at radius 3 is 2.00 bits per heavy atom. The fraction of sp³-hybridized carbons (Fsp3) is 0.652. The lowest BCUT2D eigenvalue weighted by Gasteiger charge is -2.28. The Morgan fingerprint density at radius 1 is 0.938 bits per heavy atom. The standard InChI is InChI=1S/C23H35BrCl3N3OS/c1-2-3-4-5-6-7-8-9-10-11-12-17-20(31)29-21(23(25,26)27)30-22(32)28-19-16-14-13-15-18(19)24/h13-16,21H,2-12,17H2,1H3,(H,29,31)(H2,28,30,32). The predicted octanol–water partition coefficient (Wildman–Crippen LogP) is 8.25. The zero-order valence-corrected chi connectivity index (χ0v) is 23.4. The third kappa shape index (κ3) is 14.1. The van der Waals surface area contributed by atoms with Gasteiger partial charge in [0.15, 0.2) is 5.11 Å². The van der Waals surface area contributed by atoms with Crippen LogP contribution < -0.4 is 16.0 Å². The summed E-state index contributed by atoms with van der Waals surface area (Å²) in [6.07, 6.45) is 12.9. The lowest BCUT2D eigenvalue weighted by Crippen LogP contribution is -2.56. The molecule has 0 aliphatic rings. The normalized spacial score (nSPS) is 12.3. The molecule has 0 saturated carbocycles. The van der Waals surface area contributed by atoms with E-state index in [4.69, 9.17) is 47.0 Å². The molecule has 1 amide bonds. The number of carbonyl (C=O) groups is 1. The van der Waals surface area contributed by atoms with Gasteiger partial charge in [0.05, 0.1) is 5.69 Å². The van der Waals surface area contributed by atoms with E-state index in [-0.39, 0.29) is 11.0 Å². The number of amides is 1. The van der Waals surface area contributed by atoms with Gasteiger partial charge in [0.25, 0.3) is 0 Å². The van der Waals surface area contributed by atoms with Crippen molar-refractivity contribution in [3.05, 3.63) is 28.7 Å². The van der Waals surface area contributed by atoms with Crippen molar-refractivity contribution in [2.75, 3.05) is 5.32 Å². The number of thiocarbonyl (C=S) groups is 1. The van der Waals surface area contributed by atoms with Gasteiger partial charge in [0.1, 0.15) is 6.17 Å². The fourth-order valence-corrected chi connectivity index (χ4v) is 4.17. The Hall–Kier alpha value is -0.270. The molecule has 1 aromatic rings. The maximum absolute atomic E-state index is 12.4. The van der Waals surface area contributed by atoms with Crippen molar-refractivity contribution in [1.29, 1.82) is 0 Å². The van der Waals surface area contributed by atoms with Gasteiger partial charge in [0.2, 0.25) is 9.70 Å². The molecule has 1 aromatic carbocycles. The van der Waals surface area contributed by atoms with Crippen LogP contribution in [0.15, 0.2) is 28.7 Å². The summed E-state index contributed by atoms with van der Waals surface area (Å²) in [6.45, 7) is 2.24. The van der Waals surface area contributed by atoms with Gasteiger partial charge in [0, 0.05) is 10.9 Å². The molecule has 0 bridgehead atoms. The quantitative estimate of drug-likeness (QED) is 0.0837. The molecule has 0 heterocycles. The first-order valence-electron chi connectivity index (χ1n) is 11.4. The SMILES string of the molecule is CCCCCCCCCCCCCC(=O)NC(NC(=S)Nc1ccccc1Br)C(Cl)(Cl)Cl. The zero-order chi connectivity index (χ0) is 23.8.